The molecular formula is C25H33N3O4S. The molecule has 1 aliphatic carbocycles. The minimum absolute atomic E-state index is 0.0858. The lowest BCUT2D eigenvalue weighted by molar-refractivity contribution is 0.0932. The number of nitrogens with zero attached hydrogens (tertiary/aromatic N) is 1. The van der Waals surface area contributed by atoms with Crippen molar-refractivity contribution in [2.24, 2.45) is 0 Å². The van der Waals surface area contributed by atoms with Gasteiger partial charge < -0.3 is 10.1 Å². The van der Waals surface area contributed by atoms with Crippen molar-refractivity contribution in [2.75, 3.05) is 26.7 Å². The molecule has 0 bridgehead atoms. The van der Waals surface area contributed by atoms with Gasteiger partial charge in [-0.2, -0.15) is 17.4 Å². The number of carbonyl (C=O) groups is 1. The monoisotopic (exact) mass is 471 g/mol. The van der Waals surface area contributed by atoms with Crippen LogP contribution in [0.4, 0.5) is 0 Å². The number of carbonyl (C=O) groups excluding carboxylic acids is 1. The molecule has 1 amide bonds. The summed E-state index contributed by atoms with van der Waals surface area (Å²) in [6, 6.07) is 17.3. The molecule has 7 nitrogen and oxygen atoms in total. The molecule has 178 valence electrons. The van der Waals surface area contributed by atoms with E-state index in [4.69, 9.17) is 4.74 Å². The highest BCUT2D eigenvalue weighted by Gasteiger charge is 2.39. The molecule has 0 unspecified atom stereocenters. The number of para-hydroxylation sites is 1. The van der Waals surface area contributed by atoms with Gasteiger partial charge >= 0.3 is 0 Å². The summed E-state index contributed by atoms with van der Waals surface area (Å²) in [7, 11) is -1.87. The minimum atomic E-state index is -3.43. The van der Waals surface area contributed by atoms with Gasteiger partial charge in [-0.25, -0.2) is 0 Å². The van der Waals surface area contributed by atoms with E-state index in [2.05, 4.69) is 22.2 Å². The highest BCUT2D eigenvalue weighted by Crippen LogP contribution is 2.39. The van der Waals surface area contributed by atoms with Crippen LogP contribution in [-0.4, -0.2) is 51.4 Å². The third kappa shape index (κ3) is 5.39. The van der Waals surface area contributed by atoms with Crippen molar-refractivity contribution in [3.05, 3.63) is 65.7 Å². The fourth-order valence-corrected chi connectivity index (χ4v) is 6.58. The third-order valence-electron chi connectivity index (χ3n) is 6.99. The summed E-state index contributed by atoms with van der Waals surface area (Å²) in [6.45, 7) is 1.69. The third-order valence-corrected chi connectivity index (χ3v) is 8.66. The molecular weight excluding hydrogens is 438 g/mol. The fraction of sp³-hybridized carbons (Fsp3) is 0.480. The largest absolute Gasteiger partial charge is 0.496 e. The summed E-state index contributed by atoms with van der Waals surface area (Å²) in [5, 5.41) is 3.12. The zero-order chi connectivity index (χ0) is 23.3. The predicted octanol–water partition coefficient (Wildman–Crippen LogP) is 3.24. The first-order valence-corrected chi connectivity index (χ1v) is 13.1. The molecule has 1 saturated carbocycles. The predicted molar refractivity (Wildman–Crippen MR) is 129 cm³/mol. The van der Waals surface area contributed by atoms with Crippen molar-refractivity contribution in [1.29, 1.82) is 0 Å². The molecule has 0 atom stereocenters. The summed E-state index contributed by atoms with van der Waals surface area (Å²) in [6.07, 6.45) is 4.88. The molecule has 0 aromatic heterocycles. The van der Waals surface area contributed by atoms with Crippen LogP contribution in [0.2, 0.25) is 0 Å². The van der Waals surface area contributed by atoms with Gasteiger partial charge in [-0.1, -0.05) is 42.5 Å². The van der Waals surface area contributed by atoms with E-state index in [1.807, 2.05) is 30.3 Å². The maximum absolute atomic E-state index is 13.0. The lowest BCUT2D eigenvalue weighted by Gasteiger charge is -2.41. The Hall–Kier alpha value is -2.42. The molecule has 1 heterocycles. The molecule has 2 aliphatic rings. The summed E-state index contributed by atoms with van der Waals surface area (Å²) < 4.78 is 35.2. The lowest BCUT2D eigenvalue weighted by atomic mass is 9.68. The second kappa shape index (κ2) is 10.2. The number of hydrogen-bond acceptors (Lipinski definition) is 4. The molecule has 2 N–H and O–H groups in total. The number of methoxy groups -OCH3 is 1. The van der Waals surface area contributed by atoms with Gasteiger partial charge in [0, 0.05) is 31.1 Å². The molecule has 4 rings (SSSR count). The van der Waals surface area contributed by atoms with Crippen LogP contribution in [0.3, 0.4) is 0 Å². The first-order chi connectivity index (χ1) is 15.9. The van der Waals surface area contributed by atoms with Crippen molar-refractivity contribution >= 4 is 16.1 Å². The highest BCUT2D eigenvalue weighted by atomic mass is 32.2. The molecule has 8 heteroatoms. The Balaban J connectivity index is 1.46. The molecule has 0 spiro atoms. The summed E-state index contributed by atoms with van der Waals surface area (Å²) >= 11 is 0. The molecule has 2 aromatic rings. The normalized spacial score (nSPS) is 23.8. The summed E-state index contributed by atoms with van der Waals surface area (Å²) in [4.78, 5) is 13.0. The molecule has 1 aliphatic heterocycles. The van der Waals surface area contributed by atoms with E-state index in [0.717, 1.165) is 38.5 Å². The van der Waals surface area contributed by atoms with Gasteiger partial charge in [0.15, 0.2) is 0 Å². The van der Waals surface area contributed by atoms with E-state index < -0.39 is 10.2 Å². The van der Waals surface area contributed by atoms with Crippen LogP contribution in [0, 0.1) is 0 Å². The first-order valence-electron chi connectivity index (χ1n) is 11.7. The Kier molecular flexibility index (Phi) is 7.36. The van der Waals surface area contributed by atoms with Crippen LogP contribution in [0.15, 0.2) is 54.6 Å². The number of nitrogens with one attached hydrogen (secondary N) is 2. The van der Waals surface area contributed by atoms with Crippen LogP contribution >= 0.6 is 0 Å². The van der Waals surface area contributed by atoms with Gasteiger partial charge in [0.2, 0.25) is 0 Å². The minimum Gasteiger partial charge on any atom is -0.496 e. The second-order valence-electron chi connectivity index (χ2n) is 9.03. The van der Waals surface area contributed by atoms with Gasteiger partial charge in [-0.15, -0.1) is 0 Å². The topological polar surface area (TPSA) is 87.7 Å². The molecule has 2 fully saturated rings. The van der Waals surface area contributed by atoms with Crippen molar-refractivity contribution in [3.8, 4) is 5.75 Å². The number of ether oxygens (including phenoxy) is 1. The van der Waals surface area contributed by atoms with Crippen molar-refractivity contribution in [1.82, 2.24) is 14.3 Å². The second-order valence-corrected chi connectivity index (χ2v) is 10.7. The van der Waals surface area contributed by atoms with E-state index in [1.54, 1.807) is 23.5 Å². The van der Waals surface area contributed by atoms with E-state index in [0.29, 0.717) is 30.9 Å². The standard InChI is InChI=1S/C25H33N3O4S/c1-32-23-12-6-5-11-22(23)24(29)26-19-25(20-9-3-2-4-10-20)15-13-21(14-16-25)27-33(30,31)28-17-7-8-18-28/h2-6,9-12,21,27H,7-8,13-19H2,1H3,(H,26,29)/t21-,25-. The molecule has 2 aromatic carbocycles. The zero-order valence-electron chi connectivity index (χ0n) is 19.1. The summed E-state index contributed by atoms with van der Waals surface area (Å²) in [5.74, 6) is 0.378. The Morgan fingerprint density at radius 3 is 2.33 bits per heavy atom. The highest BCUT2D eigenvalue weighted by molar-refractivity contribution is 7.87. The SMILES string of the molecule is COc1ccccc1C(=O)NC[C@]1(c2ccccc2)CC[C@H](NS(=O)(=O)N2CCCC2)CC1. The van der Waals surface area contributed by atoms with E-state index in [1.165, 1.54) is 5.56 Å². The number of rotatable bonds is 8. The van der Waals surface area contributed by atoms with Gasteiger partial charge in [0.25, 0.3) is 16.1 Å². The fourth-order valence-electron chi connectivity index (χ4n) is 5.04. The lowest BCUT2D eigenvalue weighted by Crippen LogP contribution is -2.49. The first kappa shape index (κ1) is 23.7. The number of amides is 1. The van der Waals surface area contributed by atoms with Crippen molar-refractivity contribution < 1.29 is 17.9 Å². The zero-order valence-corrected chi connectivity index (χ0v) is 19.9. The van der Waals surface area contributed by atoms with E-state index in [9.17, 15) is 13.2 Å². The van der Waals surface area contributed by atoms with Crippen molar-refractivity contribution in [2.45, 2.75) is 50.0 Å². The van der Waals surface area contributed by atoms with Crippen LogP contribution in [0.5, 0.6) is 5.75 Å². The quantitative estimate of drug-likeness (QED) is 0.619. The number of hydrogen-bond donors (Lipinski definition) is 2. The van der Waals surface area contributed by atoms with Gasteiger partial charge in [0.05, 0.1) is 12.7 Å². The van der Waals surface area contributed by atoms with Crippen LogP contribution in [0.1, 0.15) is 54.4 Å². The smallest absolute Gasteiger partial charge is 0.279 e. The average molecular weight is 472 g/mol. The summed E-state index contributed by atoms with van der Waals surface area (Å²) in [5.41, 5.74) is 1.44. The van der Waals surface area contributed by atoms with Gasteiger partial charge in [0.1, 0.15) is 5.75 Å². The van der Waals surface area contributed by atoms with Crippen LogP contribution in [0.25, 0.3) is 0 Å². The average Bonchev–Trinajstić information content (AvgIpc) is 3.40. The molecule has 1 saturated heterocycles. The maximum Gasteiger partial charge on any atom is 0.279 e. The van der Waals surface area contributed by atoms with E-state index in [-0.39, 0.29) is 17.4 Å². The van der Waals surface area contributed by atoms with Crippen molar-refractivity contribution in [3.63, 3.8) is 0 Å². The van der Waals surface area contributed by atoms with Crippen LogP contribution < -0.4 is 14.8 Å². The Bertz CT molecular complexity index is 1040. The van der Waals surface area contributed by atoms with Gasteiger partial charge in [-0.05, 0) is 56.2 Å². The van der Waals surface area contributed by atoms with E-state index >= 15 is 0 Å². The van der Waals surface area contributed by atoms with Crippen LogP contribution in [-0.2, 0) is 15.6 Å². The Labute approximate surface area is 196 Å². The maximum atomic E-state index is 13.0. The Morgan fingerprint density at radius 2 is 1.67 bits per heavy atom. The number of benzene rings is 2. The Morgan fingerprint density at radius 1 is 1.03 bits per heavy atom. The molecule has 0 radical (unpaired) electrons. The van der Waals surface area contributed by atoms with Gasteiger partial charge in [-0.3, -0.25) is 4.79 Å². The molecule has 33 heavy (non-hydrogen) atoms.